The molecule has 0 saturated carbocycles. The number of aryl methyl sites for hydroxylation is 1. The molecule has 4 nitrogen and oxygen atoms in total. The van der Waals surface area contributed by atoms with Crippen molar-refractivity contribution in [2.24, 2.45) is 5.73 Å². The standard InChI is InChI=1S/C17H20N2O2/c1-12-6-5-7-14(10-12)21-16-9-4-3-8-15(16)19-17(20)11-13(2)18/h3-10,13H,11,18H2,1-2H3,(H,19,20). The average molecular weight is 284 g/mol. The Balaban J connectivity index is 2.15. The van der Waals surface area contributed by atoms with Crippen molar-refractivity contribution in [2.75, 3.05) is 5.32 Å². The number of rotatable bonds is 5. The first kappa shape index (κ1) is 15.1. The minimum Gasteiger partial charge on any atom is -0.455 e. The summed E-state index contributed by atoms with van der Waals surface area (Å²) in [6.45, 7) is 3.80. The lowest BCUT2D eigenvalue weighted by Crippen LogP contribution is -2.24. The van der Waals surface area contributed by atoms with Crippen LogP contribution in [0.15, 0.2) is 48.5 Å². The van der Waals surface area contributed by atoms with Crippen LogP contribution in [0.1, 0.15) is 18.9 Å². The van der Waals surface area contributed by atoms with Gasteiger partial charge in [-0.3, -0.25) is 4.79 Å². The van der Waals surface area contributed by atoms with Gasteiger partial charge in [-0.2, -0.15) is 0 Å². The van der Waals surface area contributed by atoms with Gasteiger partial charge in [0.15, 0.2) is 5.75 Å². The first-order valence-corrected chi connectivity index (χ1v) is 6.93. The van der Waals surface area contributed by atoms with E-state index in [1.807, 2.05) is 55.5 Å². The van der Waals surface area contributed by atoms with Crippen LogP contribution in [0.3, 0.4) is 0 Å². The summed E-state index contributed by atoms with van der Waals surface area (Å²) in [5.74, 6) is 1.23. The Hall–Kier alpha value is -2.33. The number of hydrogen-bond acceptors (Lipinski definition) is 3. The first-order chi connectivity index (χ1) is 10.0. The van der Waals surface area contributed by atoms with E-state index < -0.39 is 0 Å². The van der Waals surface area contributed by atoms with Crippen LogP contribution in [-0.4, -0.2) is 11.9 Å². The maximum Gasteiger partial charge on any atom is 0.226 e. The second-order valence-corrected chi connectivity index (χ2v) is 5.14. The van der Waals surface area contributed by atoms with E-state index in [1.54, 1.807) is 6.92 Å². The molecule has 1 atom stereocenters. The van der Waals surface area contributed by atoms with E-state index in [-0.39, 0.29) is 18.4 Å². The number of ether oxygens (including phenoxy) is 1. The summed E-state index contributed by atoms with van der Waals surface area (Å²) in [5, 5.41) is 2.83. The minimum atomic E-state index is -0.171. The number of hydrogen-bond donors (Lipinski definition) is 2. The van der Waals surface area contributed by atoms with E-state index in [9.17, 15) is 4.79 Å². The molecule has 2 aromatic carbocycles. The van der Waals surface area contributed by atoms with Crippen LogP contribution in [0.25, 0.3) is 0 Å². The van der Waals surface area contributed by atoms with Crippen molar-refractivity contribution in [2.45, 2.75) is 26.3 Å². The van der Waals surface area contributed by atoms with E-state index in [0.717, 1.165) is 11.3 Å². The zero-order valence-corrected chi connectivity index (χ0v) is 12.3. The summed E-state index contributed by atoms with van der Waals surface area (Å²) >= 11 is 0. The molecule has 0 aliphatic heterocycles. The predicted octanol–water partition coefficient (Wildman–Crippen LogP) is 3.46. The molecule has 0 aliphatic rings. The van der Waals surface area contributed by atoms with E-state index in [1.165, 1.54) is 0 Å². The van der Waals surface area contributed by atoms with Crippen LogP contribution < -0.4 is 15.8 Å². The molecule has 0 bridgehead atoms. The third-order valence-electron chi connectivity index (χ3n) is 2.89. The predicted molar refractivity (Wildman–Crippen MR) is 84.6 cm³/mol. The smallest absolute Gasteiger partial charge is 0.226 e. The number of amides is 1. The van der Waals surface area contributed by atoms with Crippen LogP contribution in [0, 0.1) is 6.92 Å². The van der Waals surface area contributed by atoms with E-state index >= 15 is 0 Å². The van der Waals surface area contributed by atoms with Gasteiger partial charge in [-0.15, -0.1) is 0 Å². The lowest BCUT2D eigenvalue weighted by molar-refractivity contribution is -0.116. The highest BCUT2D eigenvalue weighted by Crippen LogP contribution is 2.29. The molecular weight excluding hydrogens is 264 g/mol. The number of nitrogens with two attached hydrogens (primary N) is 1. The van der Waals surface area contributed by atoms with Crippen molar-refractivity contribution in [3.8, 4) is 11.5 Å². The molecule has 0 radical (unpaired) electrons. The molecule has 0 saturated heterocycles. The Labute approximate surface area is 124 Å². The third kappa shape index (κ3) is 4.61. The molecular formula is C17H20N2O2. The molecule has 110 valence electrons. The molecule has 0 spiro atoms. The first-order valence-electron chi connectivity index (χ1n) is 6.93. The van der Waals surface area contributed by atoms with Gasteiger partial charge in [0.05, 0.1) is 5.69 Å². The fraction of sp³-hybridized carbons (Fsp3) is 0.235. The molecule has 0 aliphatic carbocycles. The largest absolute Gasteiger partial charge is 0.455 e. The number of carbonyl (C=O) groups is 1. The van der Waals surface area contributed by atoms with Crippen molar-refractivity contribution in [1.29, 1.82) is 0 Å². The fourth-order valence-corrected chi connectivity index (χ4v) is 1.96. The van der Waals surface area contributed by atoms with Crippen LogP contribution in [0.4, 0.5) is 5.69 Å². The van der Waals surface area contributed by atoms with Crippen LogP contribution in [0.5, 0.6) is 11.5 Å². The Morgan fingerprint density at radius 2 is 2.00 bits per heavy atom. The van der Waals surface area contributed by atoms with Crippen molar-refractivity contribution in [3.05, 3.63) is 54.1 Å². The van der Waals surface area contributed by atoms with Crippen molar-refractivity contribution in [3.63, 3.8) is 0 Å². The Morgan fingerprint density at radius 1 is 1.24 bits per heavy atom. The summed E-state index contributed by atoms with van der Waals surface area (Å²) in [6.07, 6.45) is 0.277. The molecule has 1 amide bonds. The fourth-order valence-electron chi connectivity index (χ4n) is 1.96. The molecule has 0 fully saturated rings. The van der Waals surface area contributed by atoms with Crippen LogP contribution >= 0.6 is 0 Å². The molecule has 1 unspecified atom stereocenters. The van der Waals surface area contributed by atoms with Gasteiger partial charge in [0.1, 0.15) is 5.75 Å². The Bertz CT molecular complexity index is 624. The average Bonchev–Trinajstić information content (AvgIpc) is 2.40. The molecule has 4 heteroatoms. The summed E-state index contributed by atoms with van der Waals surface area (Å²) < 4.78 is 5.85. The van der Waals surface area contributed by atoms with Crippen LogP contribution in [0.2, 0.25) is 0 Å². The molecule has 3 N–H and O–H groups in total. The van der Waals surface area contributed by atoms with Crippen molar-refractivity contribution in [1.82, 2.24) is 0 Å². The van der Waals surface area contributed by atoms with Gasteiger partial charge in [0.25, 0.3) is 0 Å². The van der Waals surface area contributed by atoms with Crippen molar-refractivity contribution >= 4 is 11.6 Å². The quantitative estimate of drug-likeness (QED) is 0.883. The zero-order chi connectivity index (χ0) is 15.2. The number of nitrogens with one attached hydrogen (secondary N) is 1. The van der Waals surface area contributed by atoms with E-state index in [2.05, 4.69) is 5.32 Å². The van der Waals surface area contributed by atoms with Gasteiger partial charge in [0, 0.05) is 12.5 Å². The monoisotopic (exact) mass is 284 g/mol. The number of benzene rings is 2. The highest BCUT2D eigenvalue weighted by Gasteiger charge is 2.10. The molecule has 0 heterocycles. The van der Waals surface area contributed by atoms with Crippen molar-refractivity contribution < 1.29 is 9.53 Å². The molecule has 2 aromatic rings. The van der Waals surface area contributed by atoms with E-state index in [4.69, 9.17) is 10.5 Å². The van der Waals surface area contributed by atoms with Gasteiger partial charge in [-0.1, -0.05) is 24.3 Å². The van der Waals surface area contributed by atoms with Gasteiger partial charge in [-0.05, 0) is 43.7 Å². The summed E-state index contributed by atoms with van der Waals surface area (Å²) in [7, 11) is 0. The summed E-state index contributed by atoms with van der Waals surface area (Å²) in [4.78, 5) is 11.8. The lowest BCUT2D eigenvalue weighted by Gasteiger charge is -2.13. The van der Waals surface area contributed by atoms with E-state index in [0.29, 0.717) is 11.4 Å². The molecule has 0 aromatic heterocycles. The van der Waals surface area contributed by atoms with Crippen LogP contribution in [-0.2, 0) is 4.79 Å². The van der Waals surface area contributed by atoms with Gasteiger partial charge >= 0.3 is 0 Å². The maximum absolute atomic E-state index is 11.8. The van der Waals surface area contributed by atoms with Gasteiger partial charge in [0.2, 0.25) is 5.91 Å². The zero-order valence-electron chi connectivity index (χ0n) is 12.3. The Morgan fingerprint density at radius 3 is 2.71 bits per heavy atom. The summed E-state index contributed by atoms with van der Waals surface area (Å²) in [6, 6.07) is 14.9. The third-order valence-corrected chi connectivity index (χ3v) is 2.89. The normalized spacial score (nSPS) is 11.8. The SMILES string of the molecule is Cc1cccc(Oc2ccccc2NC(=O)CC(C)N)c1. The second-order valence-electron chi connectivity index (χ2n) is 5.14. The highest BCUT2D eigenvalue weighted by molar-refractivity contribution is 5.92. The number of para-hydroxylation sites is 2. The molecule has 21 heavy (non-hydrogen) atoms. The second kappa shape index (κ2) is 6.90. The van der Waals surface area contributed by atoms with Gasteiger partial charge in [-0.25, -0.2) is 0 Å². The Kier molecular flexibility index (Phi) is 4.95. The number of anilines is 1. The topological polar surface area (TPSA) is 64.3 Å². The highest BCUT2D eigenvalue weighted by atomic mass is 16.5. The lowest BCUT2D eigenvalue weighted by atomic mass is 10.2. The molecule has 2 rings (SSSR count). The minimum absolute atomic E-state index is 0.120. The number of carbonyl (C=O) groups excluding carboxylic acids is 1. The summed E-state index contributed by atoms with van der Waals surface area (Å²) in [5.41, 5.74) is 7.39. The van der Waals surface area contributed by atoms with Gasteiger partial charge < -0.3 is 15.8 Å². The maximum atomic E-state index is 11.8.